The zero-order chi connectivity index (χ0) is 87.8. The molecule has 20 aromatic carbocycles. The largest absolute Gasteiger partial charge is 0.457 e. The Balaban J connectivity index is 0.000000124. The summed E-state index contributed by atoms with van der Waals surface area (Å²) < 4.78 is 12.2. The van der Waals surface area contributed by atoms with Gasteiger partial charge in [0.1, 0.15) is 23.0 Å². The van der Waals surface area contributed by atoms with Crippen LogP contribution in [0.2, 0.25) is 0 Å². The number of hydrogen-bond acceptors (Lipinski definition) is 4. The van der Waals surface area contributed by atoms with E-state index >= 15 is 0 Å². The second-order valence-electron chi connectivity index (χ2n) is 29.5. The van der Waals surface area contributed by atoms with E-state index in [9.17, 15) is 0 Å². The van der Waals surface area contributed by atoms with Crippen LogP contribution in [0.15, 0.2) is 678 Å². The summed E-state index contributed by atoms with van der Waals surface area (Å²) in [6, 6.07) is 202. The molecular weight excluding hydrogens is 1730 g/mol. The predicted molar refractivity (Wildman–Crippen MR) is 550 cm³/mol. The molecule has 0 saturated carbocycles. The molecule has 2 nitrogen and oxygen atoms in total. The van der Waals surface area contributed by atoms with Gasteiger partial charge in [-0.1, -0.05) is 278 Å². The monoisotopic (exact) mass is 1820 g/mol. The van der Waals surface area contributed by atoms with Crippen LogP contribution in [-0.4, -0.2) is 0 Å². The van der Waals surface area contributed by atoms with Gasteiger partial charge in [0.05, 0.1) is 65.4 Å². The topological polar surface area (TPSA) is 18.5 Å². The Kier molecular flexibility index (Phi) is 31.9. The Hall–Kier alpha value is -13.2. The molecule has 130 heavy (non-hydrogen) atoms. The van der Waals surface area contributed by atoms with Crippen LogP contribution in [0.3, 0.4) is 0 Å². The van der Waals surface area contributed by atoms with E-state index in [1.54, 1.807) is 11.8 Å². The molecule has 0 unspecified atom stereocenters. The molecule has 0 aliphatic carbocycles. The Morgan fingerprint density at radius 3 is 0.362 bits per heavy atom. The third-order valence-corrected chi connectivity index (χ3v) is 35.9. The van der Waals surface area contributed by atoms with Gasteiger partial charge < -0.3 is 9.47 Å². The van der Waals surface area contributed by atoms with Crippen molar-refractivity contribution in [1.29, 1.82) is 0 Å². The lowest BCUT2D eigenvalue weighted by atomic mass is 10.3. The summed E-state index contributed by atoms with van der Waals surface area (Å²) in [7, 11) is -0.787. The summed E-state index contributed by atoms with van der Waals surface area (Å²) in [5.74, 6) is 3.37. The zero-order valence-electron chi connectivity index (χ0n) is 71.4. The fraction of sp³-hybridized carbons (Fsp3) is 0. The highest BCUT2D eigenvalue weighted by molar-refractivity contribution is 8.00. The first-order chi connectivity index (χ1) is 64.5. The molecule has 0 aliphatic rings. The molecule has 20 aromatic rings. The average Bonchev–Trinajstić information content (AvgIpc) is 0.803. The van der Waals surface area contributed by atoms with Crippen molar-refractivity contribution >= 4 is 88.9 Å². The first-order valence-corrected chi connectivity index (χ1v) is 52.0. The summed E-state index contributed by atoms with van der Waals surface area (Å²) >= 11 is 3.62. The third kappa shape index (κ3) is 24.4. The van der Waals surface area contributed by atoms with Crippen LogP contribution in [0.1, 0.15) is 0 Å². The van der Waals surface area contributed by atoms with Gasteiger partial charge in [-0.3, -0.25) is 0 Å². The SMILES string of the molecule is c1ccc(Oc2ccc([S+](c3ccccc3)c3ccccc3)cc2)cc1.c1ccc(Sc2ccc([S+](c3ccccc3)c3ccccc3)cc2)cc1.c1ccc([S+](c2ccccc2)c2ccc(Oc3ccc([S+](c4ccccc4)c4ccccc4)cc3)cc2)cc1.c1ccc([S+](c2ccccc2)c2ccc(Sc3ccc([S+](c4ccccc4)c4ccccc4)cc3)cc2)cc1. The van der Waals surface area contributed by atoms with Crippen LogP contribution in [0.5, 0.6) is 23.0 Å². The minimum Gasteiger partial charge on any atom is -0.457 e. The smallest absolute Gasteiger partial charge is 0.166 e. The average molecular weight is 1820 g/mol. The molecule has 0 aliphatic heterocycles. The van der Waals surface area contributed by atoms with E-state index in [1.807, 2.05) is 54.2 Å². The van der Waals surface area contributed by atoms with Gasteiger partial charge in [-0.05, 0) is 315 Å². The molecule has 0 spiro atoms. The summed E-state index contributed by atoms with van der Waals surface area (Å²) in [6.07, 6.45) is 0. The molecule has 0 amide bonds. The summed E-state index contributed by atoms with van der Waals surface area (Å²) in [5.41, 5.74) is 0. The van der Waals surface area contributed by atoms with E-state index in [-0.39, 0.29) is 65.4 Å². The minimum absolute atomic E-state index is 0.0786. The van der Waals surface area contributed by atoms with Crippen LogP contribution in [0.25, 0.3) is 0 Å². The number of rotatable bonds is 26. The predicted octanol–water partition coefficient (Wildman–Crippen LogP) is 33.2. The molecule has 0 bridgehead atoms. The molecule has 0 aromatic heterocycles. The maximum Gasteiger partial charge on any atom is 0.166 e. The number of ether oxygens (including phenoxy) is 2. The molecule has 0 atom stereocenters. The summed E-state index contributed by atoms with van der Waals surface area (Å²) in [5, 5.41) is 0. The Morgan fingerprint density at radius 1 is 0.100 bits per heavy atom. The van der Waals surface area contributed by atoms with Gasteiger partial charge in [-0.15, -0.1) is 0 Å². The van der Waals surface area contributed by atoms with E-state index < -0.39 is 0 Å². The van der Waals surface area contributed by atoms with Crippen molar-refractivity contribution < 1.29 is 9.47 Å². The van der Waals surface area contributed by atoms with Crippen molar-refractivity contribution in [2.45, 2.75) is 108 Å². The third-order valence-electron chi connectivity index (χ3n) is 20.5. The van der Waals surface area contributed by atoms with Crippen molar-refractivity contribution in [3.05, 3.63) is 570 Å². The van der Waals surface area contributed by atoms with Crippen molar-refractivity contribution in [2.24, 2.45) is 0 Å². The van der Waals surface area contributed by atoms with E-state index in [0.29, 0.717) is 0 Å². The lowest BCUT2D eigenvalue weighted by Gasteiger charge is -2.10. The molecule has 20 rings (SSSR count). The second kappa shape index (κ2) is 46.7. The van der Waals surface area contributed by atoms with Gasteiger partial charge in [0.2, 0.25) is 0 Å². The van der Waals surface area contributed by atoms with Gasteiger partial charge in [0.25, 0.3) is 0 Å². The van der Waals surface area contributed by atoms with Crippen LogP contribution >= 0.6 is 23.5 Å². The minimum atomic E-state index is -0.169. The fourth-order valence-corrected chi connectivity index (χ4v) is 28.7. The molecule has 0 heterocycles. The van der Waals surface area contributed by atoms with Gasteiger partial charge >= 0.3 is 0 Å². The summed E-state index contributed by atoms with van der Waals surface area (Å²) in [6.45, 7) is 0. The Morgan fingerprint density at radius 2 is 0.208 bits per heavy atom. The Bertz CT molecular complexity index is 5770. The standard InChI is InChI=1S/C36H28OS2.C36H28S3.C24H19OS.C24H19S2/c2*1-5-13-31(14-6-1)38(32-15-7-2-8-16-32)35-25-21-29(22-26-35)37-30-23-27-36(28-24-30)39(33-17-9-3-10-18-33)34-19-11-4-12-20-34;2*1-4-10-20(11-5-1)25-21-16-18-24(19-17-21)26(22-12-6-2-7-13-22)23-14-8-3-9-15-23/h2*1-28H;2*1-19H/q2*+2;2*+1. The fourth-order valence-electron chi connectivity index (χ4n) is 14.5. The lowest BCUT2D eigenvalue weighted by Crippen LogP contribution is -2.04. The van der Waals surface area contributed by atoms with Crippen molar-refractivity contribution in [1.82, 2.24) is 0 Å². The zero-order valence-corrected chi connectivity index (χ0v) is 77.9. The Labute approximate surface area is 792 Å². The van der Waals surface area contributed by atoms with E-state index in [4.69, 9.17) is 9.47 Å². The first kappa shape index (κ1) is 88.8. The van der Waals surface area contributed by atoms with Gasteiger partial charge in [-0.2, -0.15) is 0 Å². The van der Waals surface area contributed by atoms with E-state index in [2.05, 4.69) is 528 Å². The van der Waals surface area contributed by atoms with Crippen molar-refractivity contribution in [3.8, 4) is 23.0 Å². The number of para-hydroxylation sites is 1. The van der Waals surface area contributed by atoms with E-state index in [1.165, 1.54) is 108 Å². The van der Waals surface area contributed by atoms with Crippen molar-refractivity contribution in [3.63, 3.8) is 0 Å². The highest BCUT2D eigenvalue weighted by atomic mass is 32.2. The molecule has 10 heteroatoms. The molecule has 0 saturated heterocycles. The quantitative estimate of drug-likeness (QED) is 0.0503. The molecule has 0 radical (unpaired) electrons. The van der Waals surface area contributed by atoms with Crippen molar-refractivity contribution in [2.75, 3.05) is 0 Å². The van der Waals surface area contributed by atoms with Gasteiger partial charge in [-0.25, -0.2) is 0 Å². The highest BCUT2D eigenvalue weighted by Crippen LogP contribution is 2.42. The molecule has 0 fully saturated rings. The molecular formula is C120H94O2S8+6. The molecule has 628 valence electrons. The van der Waals surface area contributed by atoms with Crippen LogP contribution in [0, 0.1) is 0 Å². The highest BCUT2D eigenvalue weighted by Gasteiger charge is 2.35. The molecule has 0 N–H and O–H groups in total. The number of benzene rings is 20. The maximum atomic E-state index is 6.28. The van der Waals surface area contributed by atoms with Crippen LogP contribution < -0.4 is 9.47 Å². The normalized spacial score (nSPS) is 10.9. The van der Waals surface area contributed by atoms with Gasteiger partial charge in [0.15, 0.2) is 88.1 Å². The second-order valence-corrected chi connectivity index (χ2v) is 43.9. The number of hydrogen-bond donors (Lipinski definition) is 0. The van der Waals surface area contributed by atoms with E-state index in [0.717, 1.165) is 23.0 Å². The lowest BCUT2D eigenvalue weighted by molar-refractivity contribution is 0.481. The van der Waals surface area contributed by atoms with Crippen LogP contribution in [-0.2, 0) is 65.4 Å². The maximum absolute atomic E-state index is 6.28. The first-order valence-electron chi connectivity index (χ1n) is 43.0. The summed E-state index contributed by atoms with van der Waals surface area (Å²) in [4.78, 5) is 28.8. The van der Waals surface area contributed by atoms with Gasteiger partial charge in [0, 0.05) is 19.6 Å². The van der Waals surface area contributed by atoms with Crippen LogP contribution in [0.4, 0.5) is 0 Å².